The quantitative estimate of drug-likeness (QED) is 0.619. The summed E-state index contributed by atoms with van der Waals surface area (Å²) in [5.41, 5.74) is 0. The topological polar surface area (TPSA) is 0 Å². The average Bonchev–Trinajstić information content (AvgIpc) is 2.06. The van der Waals surface area contributed by atoms with E-state index in [9.17, 15) is 0 Å². The first-order valence-corrected chi connectivity index (χ1v) is 4.13. The molecule has 2 radical (unpaired) electrons. The van der Waals surface area contributed by atoms with Crippen molar-refractivity contribution in [2.75, 3.05) is 0 Å². The van der Waals surface area contributed by atoms with Gasteiger partial charge in [-0.25, -0.2) is 0 Å². The van der Waals surface area contributed by atoms with Crippen molar-refractivity contribution in [2.24, 2.45) is 0 Å². The fourth-order valence-corrected chi connectivity index (χ4v) is 1.56. The molecule has 0 aromatic heterocycles. The molecule has 2 rings (SSSR count). The number of rotatable bonds is 0. The Morgan fingerprint density at radius 3 is 2.91 bits per heavy atom. The van der Waals surface area contributed by atoms with Crippen molar-refractivity contribution in [3.8, 4) is 0 Å². The van der Waals surface area contributed by atoms with Crippen LogP contribution in [0.4, 0.5) is 0 Å². The highest BCUT2D eigenvalue weighted by atomic mass is 79.9. The molecule has 52 valence electrons. The molecule has 0 nitrogen and oxygen atoms in total. The van der Waals surface area contributed by atoms with E-state index in [-0.39, 0.29) is 0 Å². The molecule has 0 aliphatic carbocycles. The van der Waals surface area contributed by atoms with Gasteiger partial charge in [0, 0.05) is 4.47 Å². The van der Waals surface area contributed by atoms with Gasteiger partial charge in [0.25, 0.3) is 0 Å². The summed E-state index contributed by atoms with van der Waals surface area (Å²) < 4.78 is 1.02. The van der Waals surface area contributed by atoms with Gasteiger partial charge < -0.3 is 0 Å². The van der Waals surface area contributed by atoms with Crippen LogP contribution in [-0.4, -0.2) is 0 Å². The second-order valence-electron chi connectivity index (χ2n) is 2.31. The number of halogens is 1. The lowest BCUT2D eigenvalue weighted by Gasteiger charge is -1.96. The zero-order valence-corrected chi connectivity index (χ0v) is 7.35. The molecular formula is C10H5Br. The first-order chi connectivity index (χ1) is 5.38. The monoisotopic (exact) mass is 204 g/mol. The molecule has 0 N–H and O–H groups in total. The maximum Gasteiger partial charge on any atom is 0.0332 e. The van der Waals surface area contributed by atoms with Gasteiger partial charge in [-0.05, 0) is 44.9 Å². The predicted molar refractivity (Wildman–Crippen MR) is 49.3 cm³/mol. The zero-order valence-electron chi connectivity index (χ0n) is 5.76. The van der Waals surface area contributed by atoms with Crippen molar-refractivity contribution in [3.63, 3.8) is 0 Å². The van der Waals surface area contributed by atoms with E-state index < -0.39 is 0 Å². The van der Waals surface area contributed by atoms with E-state index >= 15 is 0 Å². The Morgan fingerprint density at radius 1 is 1.18 bits per heavy atom. The summed E-state index contributed by atoms with van der Waals surface area (Å²) in [7, 11) is 0. The summed E-state index contributed by atoms with van der Waals surface area (Å²) in [4.78, 5) is 0. The third-order valence-corrected chi connectivity index (χ3v) is 2.26. The Bertz CT molecular complexity index is 374. The summed E-state index contributed by atoms with van der Waals surface area (Å²) >= 11 is 3.43. The largest absolute Gasteiger partial charge is 0.0537 e. The highest BCUT2D eigenvalue weighted by Gasteiger charge is 1.94. The third-order valence-electron chi connectivity index (χ3n) is 1.61. The van der Waals surface area contributed by atoms with E-state index in [4.69, 9.17) is 0 Å². The van der Waals surface area contributed by atoms with Crippen LogP contribution in [0.2, 0.25) is 0 Å². The molecule has 0 heterocycles. The number of hydrogen-bond acceptors (Lipinski definition) is 0. The van der Waals surface area contributed by atoms with E-state index in [2.05, 4.69) is 28.1 Å². The molecule has 2 aromatic rings. The molecule has 0 saturated carbocycles. The van der Waals surface area contributed by atoms with Crippen molar-refractivity contribution in [1.29, 1.82) is 0 Å². The fraction of sp³-hybridized carbons (Fsp3) is 0. The van der Waals surface area contributed by atoms with Crippen molar-refractivity contribution in [3.05, 3.63) is 46.9 Å². The maximum absolute atomic E-state index is 3.43. The van der Waals surface area contributed by atoms with Crippen LogP contribution in [0, 0.1) is 12.1 Å². The molecule has 2 aromatic carbocycles. The highest BCUT2D eigenvalue weighted by Crippen LogP contribution is 2.21. The van der Waals surface area contributed by atoms with Crippen molar-refractivity contribution >= 4 is 26.7 Å². The minimum Gasteiger partial charge on any atom is -0.0537 e. The number of fused-ring (bicyclic) bond motifs is 1. The predicted octanol–water partition coefficient (Wildman–Crippen LogP) is 3.20. The van der Waals surface area contributed by atoms with Gasteiger partial charge in [-0.2, -0.15) is 0 Å². The second kappa shape index (κ2) is 2.67. The minimum absolute atomic E-state index is 1.02. The third kappa shape index (κ3) is 1.16. The summed E-state index contributed by atoms with van der Waals surface area (Å²) in [6.45, 7) is 0. The first-order valence-electron chi connectivity index (χ1n) is 3.34. The smallest absolute Gasteiger partial charge is 0.0332 e. The van der Waals surface area contributed by atoms with Gasteiger partial charge in [0.15, 0.2) is 0 Å². The molecule has 0 spiro atoms. The van der Waals surface area contributed by atoms with Crippen LogP contribution in [-0.2, 0) is 0 Å². The molecule has 0 saturated heterocycles. The summed E-state index contributed by atoms with van der Waals surface area (Å²) in [5, 5.41) is 2.38. The van der Waals surface area contributed by atoms with Gasteiger partial charge >= 0.3 is 0 Å². The van der Waals surface area contributed by atoms with Gasteiger partial charge in [-0.3, -0.25) is 0 Å². The Labute approximate surface area is 74.0 Å². The van der Waals surface area contributed by atoms with Gasteiger partial charge in [0.05, 0.1) is 0 Å². The van der Waals surface area contributed by atoms with Crippen LogP contribution >= 0.6 is 15.9 Å². The Balaban J connectivity index is 2.91. The van der Waals surface area contributed by atoms with E-state index in [0.717, 1.165) is 4.47 Å². The number of hydrogen-bond donors (Lipinski definition) is 0. The summed E-state index contributed by atoms with van der Waals surface area (Å²) in [6.07, 6.45) is 0. The molecule has 0 amide bonds. The van der Waals surface area contributed by atoms with Gasteiger partial charge in [-0.15, -0.1) is 0 Å². The van der Waals surface area contributed by atoms with Crippen LogP contribution in [0.15, 0.2) is 34.8 Å². The molecule has 0 atom stereocenters. The Morgan fingerprint density at radius 2 is 2.09 bits per heavy atom. The van der Waals surface area contributed by atoms with Gasteiger partial charge in [-0.1, -0.05) is 24.3 Å². The normalized spacial score (nSPS) is 10.3. The van der Waals surface area contributed by atoms with E-state index in [1.165, 1.54) is 10.8 Å². The van der Waals surface area contributed by atoms with E-state index in [1.807, 2.05) is 30.3 Å². The maximum atomic E-state index is 3.43. The molecule has 1 heteroatoms. The minimum atomic E-state index is 1.02. The van der Waals surface area contributed by atoms with Crippen molar-refractivity contribution < 1.29 is 0 Å². The molecule has 0 bridgehead atoms. The fourth-order valence-electron chi connectivity index (χ4n) is 1.06. The lowest BCUT2D eigenvalue weighted by Crippen LogP contribution is -1.72. The van der Waals surface area contributed by atoms with Crippen LogP contribution in [0.1, 0.15) is 0 Å². The SMILES string of the molecule is Brc1[c]ccc2c[c]ccc12. The van der Waals surface area contributed by atoms with Crippen molar-refractivity contribution in [1.82, 2.24) is 0 Å². The molecule has 0 unspecified atom stereocenters. The summed E-state index contributed by atoms with van der Waals surface area (Å²) in [6, 6.07) is 15.9. The Hall–Kier alpha value is -0.820. The summed E-state index contributed by atoms with van der Waals surface area (Å²) in [5.74, 6) is 0. The molecule has 0 fully saturated rings. The lowest BCUT2D eigenvalue weighted by molar-refractivity contribution is 1.69. The zero-order chi connectivity index (χ0) is 7.68. The average molecular weight is 205 g/mol. The van der Waals surface area contributed by atoms with Crippen LogP contribution in [0.3, 0.4) is 0 Å². The van der Waals surface area contributed by atoms with Crippen LogP contribution in [0.25, 0.3) is 10.8 Å². The van der Waals surface area contributed by atoms with Gasteiger partial charge in [0.1, 0.15) is 0 Å². The Kier molecular flexibility index (Phi) is 1.66. The standard InChI is InChI=1S/C10H5Br/c11-10-7-3-5-8-4-1-2-6-9(8)10/h2-6H. The van der Waals surface area contributed by atoms with Crippen LogP contribution in [0.5, 0.6) is 0 Å². The lowest BCUT2D eigenvalue weighted by atomic mass is 10.1. The molecular weight excluding hydrogens is 200 g/mol. The molecule has 11 heavy (non-hydrogen) atoms. The molecule has 0 aliphatic heterocycles. The van der Waals surface area contributed by atoms with Crippen LogP contribution < -0.4 is 0 Å². The first kappa shape index (κ1) is 6.86. The number of benzene rings is 2. The van der Waals surface area contributed by atoms with Crippen molar-refractivity contribution in [2.45, 2.75) is 0 Å². The second-order valence-corrected chi connectivity index (χ2v) is 3.10. The van der Waals surface area contributed by atoms with E-state index in [0.29, 0.717) is 0 Å². The molecule has 0 aliphatic rings. The highest BCUT2D eigenvalue weighted by molar-refractivity contribution is 9.10. The van der Waals surface area contributed by atoms with E-state index in [1.54, 1.807) is 0 Å². The van der Waals surface area contributed by atoms with Gasteiger partial charge in [0.2, 0.25) is 0 Å².